The molecule has 5 heteroatoms. The Morgan fingerprint density at radius 2 is 2.06 bits per heavy atom. The summed E-state index contributed by atoms with van der Waals surface area (Å²) in [6.07, 6.45) is -0.603. The Balaban J connectivity index is 2.61. The molecule has 0 fully saturated rings. The lowest BCUT2D eigenvalue weighted by Crippen LogP contribution is -2.16. The van der Waals surface area contributed by atoms with Crippen LogP contribution in [0.25, 0.3) is 10.9 Å². The lowest BCUT2D eigenvalue weighted by atomic mass is 10.1. The van der Waals surface area contributed by atoms with Crippen molar-refractivity contribution in [1.29, 1.82) is 0 Å². The van der Waals surface area contributed by atoms with Gasteiger partial charge in [-0.2, -0.15) is 13.9 Å². The third kappa shape index (κ3) is 1.67. The normalized spacial score (nSPS) is 12.2. The Hall–Kier alpha value is -1.49. The second kappa shape index (κ2) is 3.83. The minimum absolute atomic E-state index is 0.264. The molecule has 0 aliphatic rings. The van der Waals surface area contributed by atoms with Crippen LogP contribution in [0.2, 0.25) is 0 Å². The van der Waals surface area contributed by atoms with E-state index in [1.165, 1.54) is 4.68 Å². The van der Waals surface area contributed by atoms with Crippen molar-refractivity contribution >= 4 is 10.9 Å². The van der Waals surface area contributed by atoms with E-state index in [1.807, 2.05) is 0 Å². The SMILES string of the molecule is Cn1nc(C(F)(F)CCO)c2ccccc21. The van der Waals surface area contributed by atoms with Crippen LogP contribution in [0.1, 0.15) is 12.1 Å². The molecule has 0 bridgehead atoms. The first-order valence-corrected chi connectivity index (χ1v) is 4.97. The maximum Gasteiger partial charge on any atom is 0.294 e. The standard InChI is InChI=1S/C11H12F2N2O/c1-15-9-5-3-2-4-8(9)10(14-15)11(12,13)6-7-16/h2-5,16H,6-7H2,1H3. The molecule has 1 aromatic heterocycles. The fraction of sp³-hybridized carbons (Fsp3) is 0.364. The van der Waals surface area contributed by atoms with E-state index in [0.29, 0.717) is 10.9 Å². The summed E-state index contributed by atoms with van der Waals surface area (Å²) in [4.78, 5) is 0. The van der Waals surface area contributed by atoms with Crippen LogP contribution >= 0.6 is 0 Å². The Kier molecular flexibility index (Phi) is 2.63. The number of benzene rings is 1. The molecule has 86 valence electrons. The molecule has 0 radical (unpaired) electrons. The van der Waals surface area contributed by atoms with Crippen LogP contribution in [-0.2, 0) is 13.0 Å². The highest BCUT2D eigenvalue weighted by molar-refractivity contribution is 5.82. The molecule has 2 rings (SSSR count). The highest BCUT2D eigenvalue weighted by atomic mass is 19.3. The molecule has 0 aliphatic heterocycles. The largest absolute Gasteiger partial charge is 0.396 e. The van der Waals surface area contributed by atoms with Gasteiger partial charge in [-0.05, 0) is 6.07 Å². The Morgan fingerprint density at radius 1 is 1.38 bits per heavy atom. The first kappa shape index (κ1) is 11.0. The Labute approximate surface area is 91.3 Å². The summed E-state index contributed by atoms with van der Waals surface area (Å²) in [5.74, 6) is -3.09. The van der Waals surface area contributed by atoms with E-state index in [-0.39, 0.29) is 5.69 Å². The lowest BCUT2D eigenvalue weighted by molar-refractivity contribution is -0.0301. The van der Waals surface area contributed by atoms with Gasteiger partial charge in [0.2, 0.25) is 0 Å². The van der Waals surface area contributed by atoms with Gasteiger partial charge in [-0.25, -0.2) is 0 Å². The molecular weight excluding hydrogens is 214 g/mol. The predicted molar refractivity (Wildman–Crippen MR) is 56.3 cm³/mol. The van der Waals surface area contributed by atoms with Gasteiger partial charge in [0, 0.05) is 25.5 Å². The number of fused-ring (bicyclic) bond motifs is 1. The summed E-state index contributed by atoms with van der Waals surface area (Å²) < 4.78 is 28.8. The average Bonchev–Trinajstić information content (AvgIpc) is 2.58. The third-order valence-electron chi connectivity index (χ3n) is 2.53. The Bertz CT molecular complexity index is 508. The molecule has 16 heavy (non-hydrogen) atoms. The highest BCUT2D eigenvalue weighted by Crippen LogP contribution is 2.34. The zero-order valence-electron chi connectivity index (χ0n) is 8.82. The molecule has 2 aromatic rings. The summed E-state index contributed by atoms with van der Waals surface area (Å²) >= 11 is 0. The second-order valence-electron chi connectivity index (χ2n) is 3.67. The fourth-order valence-electron chi connectivity index (χ4n) is 1.74. The van der Waals surface area contributed by atoms with Crippen molar-refractivity contribution in [2.45, 2.75) is 12.3 Å². The van der Waals surface area contributed by atoms with Gasteiger partial charge in [0.15, 0.2) is 0 Å². The average molecular weight is 226 g/mol. The van der Waals surface area contributed by atoms with Crippen LogP contribution < -0.4 is 0 Å². The molecule has 1 heterocycles. The summed E-state index contributed by atoms with van der Waals surface area (Å²) in [6, 6.07) is 6.82. The maximum absolute atomic E-state index is 13.7. The first-order valence-electron chi connectivity index (χ1n) is 4.97. The number of aryl methyl sites for hydroxylation is 1. The van der Waals surface area contributed by atoms with Crippen molar-refractivity contribution in [3.05, 3.63) is 30.0 Å². The van der Waals surface area contributed by atoms with Crippen LogP contribution in [0.15, 0.2) is 24.3 Å². The summed E-state index contributed by atoms with van der Waals surface area (Å²) in [5.41, 5.74) is 0.398. The molecular formula is C11H12F2N2O. The molecule has 0 spiro atoms. The number of rotatable bonds is 3. The van der Waals surface area contributed by atoms with Crippen molar-refractivity contribution in [3.63, 3.8) is 0 Å². The first-order chi connectivity index (χ1) is 7.56. The highest BCUT2D eigenvalue weighted by Gasteiger charge is 2.35. The van der Waals surface area contributed by atoms with Crippen LogP contribution in [0.3, 0.4) is 0 Å². The van der Waals surface area contributed by atoms with Crippen LogP contribution in [0, 0.1) is 0 Å². The Morgan fingerprint density at radius 3 is 2.75 bits per heavy atom. The molecule has 1 N–H and O–H groups in total. The van der Waals surface area contributed by atoms with Gasteiger partial charge in [-0.15, -0.1) is 0 Å². The smallest absolute Gasteiger partial charge is 0.294 e. The van der Waals surface area contributed by atoms with Crippen molar-refractivity contribution in [3.8, 4) is 0 Å². The summed E-state index contributed by atoms with van der Waals surface area (Å²) in [5, 5.41) is 12.9. The van der Waals surface area contributed by atoms with E-state index in [1.54, 1.807) is 31.3 Å². The predicted octanol–water partition coefficient (Wildman–Crippen LogP) is 2.05. The number of aliphatic hydroxyl groups excluding tert-OH is 1. The molecule has 0 atom stereocenters. The number of alkyl halides is 2. The van der Waals surface area contributed by atoms with E-state index in [9.17, 15) is 8.78 Å². The number of halogens is 2. The van der Waals surface area contributed by atoms with Crippen molar-refractivity contribution in [2.75, 3.05) is 6.61 Å². The van der Waals surface area contributed by atoms with E-state index in [0.717, 1.165) is 0 Å². The zero-order valence-corrected chi connectivity index (χ0v) is 8.82. The molecule has 0 aliphatic carbocycles. The minimum Gasteiger partial charge on any atom is -0.396 e. The molecule has 0 unspecified atom stereocenters. The lowest BCUT2D eigenvalue weighted by Gasteiger charge is -2.12. The van der Waals surface area contributed by atoms with E-state index in [2.05, 4.69) is 5.10 Å². The molecule has 3 nitrogen and oxygen atoms in total. The molecule has 0 saturated heterocycles. The monoisotopic (exact) mass is 226 g/mol. The zero-order chi connectivity index (χ0) is 11.8. The van der Waals surface area contributed by atoms with Crippen LogP contribution in [0.4, 0.5) is 8.78 Å². The van der Waals surface area contributed by atoms with Crippen molar-refractivity contribution in [1.82, 2.24) is 9.78 Å². The van der Waals surface area contributed by atoms with Crippen LogP contribution in [-0.4, -0.2) is 21.5 Å². The van der Waals surface area contributed by atoms with Gasteiger partial charge < -0.3 is 5.11 Å². The van der Waals surface area contributed by atoms with E-state index < -0.39 is 19.0 Å². The maximum atomic E-state index is 13.7. The van der Waals surface area contributed by atoms with E-state index in [4.69, 9.17) is 5.11 Å². The molecule has 0 saturated carbocycles. The summed E-state index contributed by atoms with van der Waals surface area (Å²) in [7, 11) is 1.63. The quantitative estimate of drug-likeness (QED) is 0.869. The van der Waals surface area contributed by atoms with Gasteiger partial charge in [0.05, 0.1) is 5.52 Å². The minimum atomic E-state index is -3.09. The number of nitrogens with zero attached hydrogens (tertiary/aromatic N) is 2. The summed E-state index contributed by atoms with van der Waals surface area (Å²) in [6.45, 7) is -0.558. The van der Waals surface area contributed by atoms with Gasteiger partial charge in [0.25, 0.3) is 5.92 Å². The molecule has 0 amide bonds. The second-order valence-corrected chi connectivity index (χ2v) is 3.67. The van der Waals surface area contributed by atoms with Gasteiger partial charge in [-0.3, -0.25) is 4.68 Å². The van der Waals surface area contributed by atoms with Gasteiger partial charge in [0.1, 0.15) is 5.69 Å². The topological polar surface area (TPSA) is 38.0 Å². The van der Waals surface area contributed by atoms with Gasteiger partial charge >= 0.3 is 0 Å². The number of aliphatic hydroxyl groups is 1. The van der Waals surface area contributed by atoms with Crippen molar-refractivity contribution in [2.24, 2.45) is 7.05 Å². The van der Waals surface area contributed by atoms with E-state index >= 15 is 0 Å². The fourth-order valence-corrected chi connectivity index (χ4v) is 1.74. The number of aromatic nitrogens is 2. The number of hydrogen-bond acceptors (Lipinski definition) is 2. The molecule has 1 aromatic carbocycles. The van der Waals surface area contributed by atoms with Gasteiger partial charge in [-0.1, -0.05) is 18.2 Å². The van der Waals surface area contributed by atoms with Crippen molar-refractivity contribution < 1.29 is 13.9 Å². The number of hydrogen-bond donors (Lipinski definition) is 1. The van der Waals surface area contributed by atoms with Crippen LogP contribution in [0.5, 0.6) is 0 Å². The third-order valence-corrected chi connectivity index (χ3v) is 2.53. The number of para-hydroxylation sites is 1.